The molecule has 1 N–H and O–H groups in total. The van der Waals surface area contributed by atoms with E-state index in [-0.39, 0.29) is 13.0 Å². The Morgan fingerprint density at radius 3 is 2.67 bits per heavy atom. The van der Waals surface area contributed by atoms with Crippen LogP contribution in [0.3, 0.4) is 0 Å². The van der Waals surface area contributed by atoms with Crippen molar-refractivity contribution in [2.75, 3.05) is 13.7 Å². The van der Waals surface area contributed by atoms with Crippen LogP contribution in [0.5, 0.6) is 5.75 Å². The Morgan fingerprint density at radius 2 is 2.06 bits per heavy atom. The van der Waals surface area contributed by atoms with Crippen molar-refractivity contribution >= 4 is 15.9 Å². The lowest BCUT2D eigenvalue weighted by Crippen LogP contribution is -2.11. The highest BCUT2D eigenvalue weighted by Crippen LogP contribution is 2.29. The van der Waals surface area contributed by atoms with Crippen molar-refractivity contribution < 1.29 is 17.9 Å². The molecular weight excluding hydrogens is 311 g/mol. The first-order chi connectivity index (χ1) is 8.44. The second-order valence-corrected chi connectivity index (χ2v) is 4.68. The third-order valence-electron chi connectivity index (χ3n) is 2.27. The van der Waals surface area contributed by atoms with E-state index >= 15 is 0 Å². The molecule has 0 unspecified atom stereocenters. The van der Waals surface area contributed by atoms with Gasteiger partial charge in [-0.25, -0.2) is 0 Å². The van der Waals surface area contributed by atoms with Crippen molar-refractivity contribution in [2.45, 2.75) is 25.6 Å². The molecule has 0 aliphatic carbocycles. The van der Waals surface area contributed by atoms with Crippen molar-refractivity contribution in [1.82, 2.24) is 5.32 Å². The second kappa shape index (κ2) is 6.99. The average Bonchev–Trinajstić information content (AvgIpc) is 2.26. The van der Waals surface area contributed by atoms with Crippen LogP contribution in [-0.2, 0) is 6.54 Å². The fourth-order valence-corrected chi connectivity index (χ4v) is 2.01. The van der Waals surface area contributed by atoms with E-state index in [1.165, 1.54) is 0 Å². The van der Waals surface area contributed by atoms with E-state index in [4.69, 9.17) is 4.74 Å². The van der Waals surface area contributed by atoms with E-state index in [2.05, 4.69) is 21.2 Å². The van der Waals surface area contributed by atoms with Crippen molar-refractivity contribution in [3.8, 4) is 5.75 Å². The van der Waals surface area contributed by atoms with Gasteiger partial charge in [0, 0.05) is 18.5 Å². The molecule has 0 saturated carbocycles. The van der Waals surface area contributed by atoms with E-state index in [0.29, 0.717) is 12.3 Å². The van der Waals surface area contributed by atoms with Gasteiger partial charge in [0.25, 0.3) is 0 Å². The topological polar surface area (TPSA) is 21.3 Å². The number of halogens is 4. The standard InChI is InChI=1S/C12H15BrF3NO/c1-17-8-9-4-2-5-10(13)11(9)18-7-3-6-12(14,15)16/h2,4-5,17H,3,6-8H2,1H3. The fraction of sp³-hybridized carbons (Fsp3) is 0.500. The monoisotopic (exact) mass is 325 g/mol. The summed E-state index contributed by atoms with van der Waals surface area (Å²) >= 11 is 3.33. The molecule has 0 atom stereocenters. The Morgan fingerprint density at radius 1 is 1.33 bits per heavy atom. The summed E-state index contributed by atoms with van der Waals surface area (Å²) in [5, 5.41) is 2.99. The van der Waals surface area contributed by atoms with Gasteiger partial charge in [-0.3, -0.25) is 0 Å². The Balaban J connectivity index is 2.55. The maximum atomic E-state index is 12.0. The van der Waals surface area contributed by atoms with E-state index in [0.717, 1.165) is 10.0 Å². The minimum atomic E-state index is -4.12. The molecule has 1 aromatic rings. The molecular formula is C12H15BrF3NO. The average molecular weight is 326 g/mol. The Bertz CT molecular complexity index is 382. The van der Waals surface area contributed by atoms with Crippen LogP contribution in [0.1, 0.15) is 18.4 Å². The number of alkyl halides is 3. The molecule has 0 aliphatic heterocycles. The van der Waals surface area contributed by atoms with Crippen molar-refractivity contribution in [3.63, 3.8) is 0 Å². The molecule has 18 heavy (non-hydrogen) atoms. The summed E-state index contributed by atoms with van der Waals surface area (Å²) in [4.78, 5) is 0. The number of hydrogen-bond donors (Lipinski definition) is 1. The first kappa shape index (κ1) is 15.3. The van der Waals surface area contributed by atoms with Crippen LogP contribution in [0.15, 0.2) is 22.7 Å². The van der Waals surface area contributed by atoms with Crippen LogP contribution in [0.4, 0.5) is 13.2 Å². The molecule has 2 nitrogen and oxygen atoms in total. The molecule has 0 fully saturated rings. The van der Waals surface area contributed by atoms with Gasteiger partial charge in [0.1, 0.15) is 5.75 Å². The van der Waals surface area contributed by atoms with Gasteiger partial charge in [0.15, 0.2) is 0 Å². The molecule has 0 bridgehead atoms. The first-order valence-electron chi connectivity index (χ1n) is 5.55. The normalized spacial score (nSPS) is 11.6. The first-order valence-corrected chi connectivity index (χ1v) is 6.35. The van der Waals surface area contributed by atoms with Crippen molar-refractivity contribution in [2.24, 2.45) is 0 Å². The minimum absolute atomic E-state index is 0.0379. The van der Waals surface area contributed by atoms with Crippen LogP contribution in [-0.4, -0.2) is 19.8 Å². The highest BCUT2D eigenvalue weighted by Gasteiger charge is 2.26. The number of benzene rings is 1. The molecule has 0 saturated heterocycles. The predicted molar refractivity (Wildman–Crippen MR) is 67.7 cm³/mol. The zero-order chi connectivity index (χ0) is 13.6. The van der Waals surface area contributed by atoms with Gasteiger partial charge in [-0.15, -0.1) is 0 Å². The van der Waals surface area contributed by atoms with Gasteiger partial charge in [-0.1, -0.05) is 12.1 Å². The molecule has 0 spiro atoms. The summed E-state index contributed by atoms with van der Waals surface area (Å²) in [6, 6.07) is 5.54. The smallest absolute Gasteiger partial charge is 0.389 e. The molecule has 1 aromatic carbocycles. The lowest BCUT2D eigenvalue weighted by Gasteiger charge is -2.13. The van der Waals surface area contributed by atoms with Crippen LogP contribution >= 0.6 is 15.9 Å². The Hall–Kier alpha value is -0.750. The Labute approximate surface area is 113 Å². The quantitative estimate of drug-likeness (QED) is 0.801. The van der Waals surface area contributed by atoms with Crippen molar-refractivity contribution in [3.05, 3.63) is 28.2 Å². The van der Waals surface area contributed by atoms with E-state index in [1.54, 1.807) is 13.1 Å². The summed E-state index contributed by atoms with van der Waals surface area (Å²) in [7, 11) is 1.80. The predicted octanol–water partition coefficient (Wildman–Crippen LogP) is 3.89. The van der Waals surface area contributed by atoms with Crippen LogP contribution in [0, 0.1) is 0 Å². The maximum Gasteiger partial charge on any atom is 0.389 e. The maximum absolute atomic E-state index is 12.0. The van der Waals surface area contributed by atoms with E-state index in [9.17, 15) is 13.2 Å². The number of ether oxygens (including phenoxy) is 1. The van der Waals surface area contributed by atoms with E-state index in [1.807, 2.05) is 12.1 Å². The zero-order valence-corrected chi connectivity index (χ0v) is 11.6. The molecule has 6 heteroatoms. The largest absolute Gasteiger partial charge is 0.492 e. The zero-order valence-electron chi connectivity index (χ0n) is 9.98. The number of rotatable bonds is 6. The summed E-state index contributed by atoms with van der Waals surface area (Å²) in [5.74, 6) is 0.606. The molecule has 0 amide bonds. The van der Waals surface area contributed by atoms with Gasteiger partial charge < -0.3 is 10.1 Å². The van der Waals surface area contributed by atoms with Gasteiger partial charge in [0.2, 0.25) is 0 Å². The SMILES string of the molecule is CNCc1cccc(Br)c1OCCCC(F)(F)F. The summed E-state index contributed by atoms with van der Waals surface area (Å²) in [5.41, 5.74) is 0.916. The fourth-order valence-electron chi connectivity index (χ4n) is 1.49. The third kappa shape index (κ3) is 5.27. The van der Waals surface area contributed by atoms with Gasteiger partial charge in [0.05, 0.1) is 11.1 Å². The van der Waals surface area contributed by atoms with E-state index < -0.39 is 12.6 Å². The van der Waals surface area contributed by atoms with Gasteiger partial charge in [-0.05, 0) is 35.5 Å². The number of nitrogens with one attached hydrogen (secondary N) is 1. The minimum Gasteiger partial charge on any atom is -0.492 e. The summed E-state index contributed by atoms with van der Waals surface area (Å²) in [6.07, 6.45) is -4.98. The summed E-state index contributed by atoms with van der Waals surface area (Å²) in [6.45, 7) is 0.660. The molecule has 0 heterocycles. The van der Waals surface area contributed by atoms with Gasteiger partial charge in [-0.2, -0.15) is 13.2 Å². The molecule has 0 aliphatic rings. The van der Waals surface area contributed by atoms with Crippen LogP contribution in [0.2, 0.25) is 0 Å². The lowest BCUT2D eigenvalue weighted by atomic mass is 10.2. The third-order valence-corrected chi connectivity index (χ3v) is 2.89. The van der Waals surface area contributed by atoms with Gasteiger partial charge >= 0.3 is 6.18 Å². The highest BCUT2D eigenvalue weighted by atomic mass is 79.9. The lowest BCUT2D eigenvalue weighted by molar-refractivity contribution is -0.136. The molecule has 0 aromatic heterocycles. The van der Waals surface area contributed by atoms with Crippen LogP contribution in [0.25, 0.3) is 0 Å². The Kier molecular flexibility index (Phi) is 5.95. The molecule has 0 radical (unpaired) electrons. The molecule has 1 rings (SSSR count). The summed E-state index contributed by atoms with van der Waals surface area (Å²) < 4.78 is 42.1. The number of para-hydroxylation sites is 1. The second-order valence-electron chi connectivity index (χ2n) is 3.83. The van der Waals surface area contributed by atoms with Crippen molar-refractivity contribution in [1.29, 1.82) is 0 Å². The highest BCUT2D eigenvalue weighted by molar-refractivity contribution is 9.10. The number of hydrogen-bond acceptors (Lipinski definition) is 2. The van der Waals surface area contributed by atoms with Crippen LogP contribution < -0.4 is 10.1 Å². The molecule has 102 valence electrons.